The van der Waals surface area contributed by atoms with Gasteiger partial charge in [0.1, 0.15) is 5.75 Å². The normalized spacial score (nSPS) is 9.64. The van der Waals surface area contributed by atoms with Gasteiger partial charge in [-0.2, -0.15) is 0 Å². The number of benzene rings is 1. The van der Waals surface area contributed by atoms with Crippen LogP contribution in [-0.2, 0) is 4.74 Å². The molecule has 0 saturated heterocycles. The second kappa shape index (κ2) is 5.19. The van der Waals surface area contributed by atoms with Gasteiger partial charge in [0.05, 0.1) is 19.3 Å². The van der Waals surface area contributed by atoms with Crippen LogP contribution in [0, 0.1) is 3.57 Å². The van der Waals surface area contributed by atoms with Crippen LogP contribution in [0.5, 0.6) is 5.75 Å². The maximum absolute atomic E-state index is 11.4. The number of ether oxygens (including phenoxy) is 2. The van der Waals surface area contributed by atoms with Crippen LogP contribution in [-0.4, -0.2) is 19.7 Å². The number of carbonyl (C=O) groups excluding carboxylic acids is 1. The Labute approximate surface area is 96.5 Å². The molecule has 0 fully saturated rings. The molecule has 0 saturated carbocycles. The van der Waals surface area contributed by atoms with Gasteiger partial charge >= 0.3 is 5.97 Å². The third-order valence-corrected chi connectivity index (χ3v) is 2.56. The van der Waals surface area contributed by atoms with E-state index in [0.29, 0.717) is 12.2 Å². The Morgan fingerprint density at radius 1 is 1.50 bits per heavy atom. The third kappa shape index (κ3) is 2.60. The van der Waals surface area contributed by atoms with Crippen LogP contribution in [0.15, 0.2) is 18.2 Å². The van der Waals surface area contributed by atoms with Gasteiger partial charge in [0, 0.05) is 3.57 Å². The molecule has 0 atom stereocenters. The lowest BCUT2D eigenvalue weighted by Gasteiger charge is -2.05. The average molecular weight is 306 g/mol. The number of rotatable bonds is 3. The fraction of sp³-hybridized carbons (Fsp3) is 0.300. The summed E-state index contributed by atoms with van der Waals surface area (Å²) in [4.78, 5) is 11.4. The van der Waals surface area contributed by atoms with Gasteiger partial charge in [-0.25, -0.2) is 4.79 Å². The van der Waals surface area contributed by atoms with Crippen molar-refractivity contribution in [3.63, 3.8) is 0 Å². The Morgan fingerprint density at radius 2 is 2.21 bits per heavy atom. The molecular weight excluding hydrogens is 295 g/mol. The summed E-state index contributed by atoms with van der Waals surface area (Å²) in [6.07, 6.45) is 0. The zero-order valence-electron chi connectivity index (χ0n) is 8.04. The van der Waals surface area contributed by atoms with Gasteiger partial charge in [-0.3, -0.25) is 0 Å². The molecule has 0 spiro atoms. The summed E-state index contributed by atoms with van der Waals surface area (Å²) in [5, 5.41) is 0. The highest BCUT2D eigenvalue weighted by Gasteiger charge is 2.10. The number of carbonyl (C=O) groups is 1. The van der Waals surface area contributed by atoms with Crippen molar-refractivity contribution in [1.29, 1.82) is 0 Å². The Morgan fingerprint density at radius 3 is 2.71 bits per heavy atom. The first-order chi connectivity index (χ1) is 6.69. The molecule has 0 radical (unpaired) electrons. The van der Waals surface area contributed by atoms with E-state index in [2.05, 4.69) is 22.6 Å². The van der Waals surface area contributed by atoms with E-state index in [4.69, 9.17) is 9.47 Å². The van der Waals surface area contributed by atoms with Crippen LogP contribution in [0.25, 0.3) is 0 Å². The zero-order valence-corrected chi connectivity index (χ0v) is 10.2. The summed E-state index contributed by atoms with van der Waals surface area (Å²) in [6, 6.07) is 5.25. The van der Waals surface area contributed by atoms with Gasteiger partial charge < -0.3 is 9.47 Å². The summed E-state index contributed by atoms with van der Waals surface area (Å²) in [5.41, 5.74) is 0.577. The highest BCUT2D eigenvalue weighted by Crippen LogP contribution is 2.20. The predicted octanol–water partition coefficient (Wildman–Crippen LogP) is 2.48. The van der Waals surface area contributed by atoms with E-state index >= 15 is 0 Å². The average Bonchev–Trinajstić information content (AvgIpc) is 2.17. The lowest BCUT2D eigenvalue weighted by atomic mass is 10.2. The van der Waals surface area contributed by atoms with E-state index in [1.807, 2.05) is 0 Å². The van der Waals surface area contributed by atoms with Crippen LogP contribution in [0.4, 0.5) is 0 Å². The molecule has 0 amide bonds. The smallest absolute Gasteiger partial charge is 0.339 e. The quantitative estimate of drug-likeness (QED) is 0.636. The van der Waals surface area contributed by atoms with Crippen molar-refractivity contribution in [2.75, 3.05) is 13.7 Å². The predicted molar refractivity (Wildman–Crippen MR) is 61.7 cm³/mol. The SMILES string of the molecule is CCOC(=O)c1ccc(OC)cc1I. The van der Waals surface area contributed by atoms with Crippen molar-refractivity contribution in [2.45, 2.75) is 6.92 Å². The van der Waals surface area contributed by atoms with E-state index in [-0.39, 0.29) is 5.97 Å². The molecule has 0 aliphatic rings. The molecule has 0 N–H and O–H groups in total. The first kappa shape index (κ1) is 11.3. The number of halogens is 1. The number of methoxy groups -OCH3 is 1. The largest absolute Gasteiger partial charge is 0.497 e. The number of hydrogen-bond donors (Lipinski definition) is 0. The van der Waals surface area contributed by atoms with Crippen molar-refractivity contribution in [3.05, 3.63) is 27.3 Å². The molecule has 0 aliphatic heterocycles. The minimum Gasteiger partial charge on any atom is -0.497 e. The van der Waals surface area contributed by atoms with Crippen molar-refractivity contribution >= 4 is 28.6 Å². The molecule has 1 aromatic rings. The summed E-state index contributed by atoms with van der Waals surface area (Å²) < 4.78 is 10.8. The lowest BCUT2D eigenvalue weighted by molar-refractivity contribution is 0.0525. The minimum atomic E-state index is -0.292. The molecular formula is C10H11IO3. The molecule has 0 aliphatic carbocycles. The first-order valence-corrected chi connectivity index (χ1v) is 5.27. The van der Waals surface area contributed by atoms with Gasteiger partial charge in [0.15, 0.2) is 0 Å². The Balaban J connectivity index is 2.94. The van der Waals surface area contributed by atoms with E-state index in [9.17, 15) is 4.79 Å². The van der Waals surface area contributed by atoms with E-state index in [1.54, 1.807) is 32.2 Å². The van der Waals surface area contributed by atoms with Crippen molar-refractivity contribution in [3.8, 4) is 5.75 Å². The van der Waals surface area contributed by atoms with Crippen LogP contribution >= 0.6 is 22.6 Å². The second-order valence-electron chi connectivity index (χ2n) is 2.57. The maximum atomic E-state index is 11.4. The molecule has 1 aromatic carbocycles. The standard InChI is InChI=1S/C10H11IO3/c1-3-14-10(12)8-5-4-7(13-2)6-9(8)11/h4-6H,3H2,1-2H3. The number of hydrogen-bond acceptors (Lipinski definition) is 3. The molecule has 76 valence electrons. The fourth-order valence-electron chi connectivity index (χ4n) is 0.997. The third-order valence-electron chi connectivity index (χ3n) is 1.67. The molecule has 0 aromatic heterocycles. The van der Waals surface area contributed by atoms with Crippen LogP contribution < -0.4 is 4.74 Å². The summed E-state index contributed by atoms with van der Waals surface area (Å²) in [5.74, 6) is 0.446. The summed E-state index contributed by atoms with van der Waals surface area (Å²) in [6.45, 7) is 2.18. The van der Waals surface area contributed by atoms with Crippen LogP contribution in [0.2, 0.25) is 0 Å². The molecule has 4 heteroatoms. The Bertz CT molecular complexity index is 336. The minimum absolute atomic E-state index is 0.292. The van der Waals surface area contributed by atoms with Crippen molar-refractivity contribution in [2.24, 2.45) is 0 Å². The van der Waals surface area contributed by atoms with Gasteiger partial charge in [-0.05, 0) is 47.7 Å². The Kier molecular flexibility index (Phi) is 4.19. The highest BCUT2D eigenvalue weighted by atomic mass is 127. The molecule has 1 rings (SSSR count). The maximum Gasteiger partial charge on any atom is 0.339 e. The van der Waals surface area contributed by atoms with E-state index < -0.39 is 0 Å². The van der Waals surface area contributed by atoms with Crippen LogP contribution in [0.1, 0.15) is 17.3 Å². The zero-order chi connectivity index (χ0) is 10.6. The van der Waals surface area contributed by atoms with Gasteiger partial charge in [-0.15, -0.1) is 0 Å². The first-order valence-electron chi connectivity index (χ1n) is 4.19. The highest BCUT2D eigenvalue weighted by molar-refractivity contribution is 14.1. The van der Waals surface area contributed by atoms with Crippen molar-refractivity contribution in [1.82, 2.24) is 0 Å². The summed E-state index contributed by atoms with van der Waals surface area (Å²) in [7, 11) is 1.59. The van der Waals surface area contributed by atoms with E-state index in [0.717, 1.165) is 9.32 Å². The molecule has 14 heavy (non-hydrogen) atoms. The molecule has 3 nitrogen and oxygen atoms in total. The topological polar surface area (TPSA) is 35.5 Å². The number of esters is 1. The second-order valence-corrected chi connectivity index (χ2v) is 3.73. The molecule has 0 heterocycles. The van der Waals surface area contributed by atoms with Gasteiger partial charge in [-0.1, -0.05) is 0 Å². The van der Waals surface area contributed by atoms with Gasteiger partial charge in [0.2, 0.25) is 0 Å². The lowest BCUT2D eigenvalue weighted by Crippen LogP contribution is -2.06. The molecule has 0 bridgehead atoms. The summed E-state index contributed by atoms with van der Waals surface area (Å²) >= 11 is 2.08. The molecule has 0 unspecified atom stereocenters. The van der Waals surface area contributed by atoms with Gasteiger partial charge in [0.25, 0.3) is 0 Å². The fourth-order valence-corrected chi connectivity index (χ4v) is 1.70. The van der Waals surface area contributed by atoms with Crippen LogP contribution in [0.3, 0.4) is 0 Å². The monoisotopic (exact) mass is 306 g/mol. The Hall–Kier alpha value is -0.780. The van der Waals surface area contributed by atoms with Crippen molar-refractivity contribution < 1.29 is 14.3 Å². The van der Waals surface area contributed by atoms with E-state index in [1.165, 1.54) is 0 Å².